The maximum Gasteiger partial charge on any atom is 0.137 e. The summed E-state index contributed by atoms with van der Waals surface area (Å²) in [5.74, 6) is -0.207. The summed E-state index contributed by atoms with van der Waals surface area (Å²) < 4.78 is 16.5. The molecule has 4 heteroatoms. The molecule has 0 unspecified atom stereocenters. The van der Waals surface area contributed by atoms with Gasteiger partial charge in [0.25, 0.3) is 0 Å². The molecule has 0 atom stereocenters. The number of aromatic nitrogens is 3. The van der Waals surface area contributed by atoms with Crippen molar-refractivity contribution in [1.82, 2.24) is 14.8 Å². The summed E-state index contributed by atoms with van der Waals surface area (Å²) in [7, 11) is 1.90. The van der Waals surface area contributed by atoms with Crippen molar-refractivity contribution in [3.63, 3.8) is 0 Å². The van der Waals surface area contributed by atoms with E-state index < -0.39 is 0 Å². The molecule has 22 heavy (non-hydrogen) atoms. The quantitative estimate of drug-likeness (QED) is 0.525. The van der Waals surface area contributed by atoms with E-state index in [1.54, 1.807) is 19.2 Å². The Hall–Kier alpha value is -2.75. The lowest BCUT2D eigenvalue weighted by Gasteiger charge is -2.10. The molecule has 2 aromatic carbocycles. The molecule has 0 radical (unpaired) electrons. The lowest BCUT2D eigenvalue weighted by atomic mass is 10.0. The maximum atomic E-state index is 14.7. The molecule has 3 nitrogen and oxygen atoms in total. The van der Waals surface area contributed by atoms with E-state index in [0.29, 0.717) is 22.2 Å². The van der Waals surface area contributed by atoms with Crippen LogP contribution in [0.15, 0.2) is 48.7 Å². The first kappa shape index (κ1) is 13.0. The van der Waals surface area contributed by atoms with Crippen LogP contribution in [-0.4, -0.2) is 14.8 Å². The smallest absolute Gasteiger partial charge is 0.137 e. The van der Waals surface area contributed by atoms with Crippen molar-refractivity contribution in [3.8, 4) is 11.3 Å². The number of hydrogen-bond donors (Lipinski definition) is 0. The Morgan fingerprint density at radius 1 is 1.00 bits per heavy atom. The van der Waals surface area contributed by atoms with E-state index >= 15 is 0 Å². The van der Waals surface area contributed by atoms with Crippen molar-refractivity contribution in [2.75, 3.05) is 0 Å². The molecule has 0 aliphatic rings. The van der Waals surface area contributed by atoms with E-state index in [2.05, 4.69) is 10.1 Å². The van der Waals surface area contributed by atoms with Gasteiger partial charge >= 0.3 is 0 Å². The van der Waals surface area contributed by atoms with Gasteiger partial charge in [-0.1, -0.05) is 24.3 Å². The van der Waals surface area contributed by atoms with E-state index in [-0.39, 0.29) is 5.82 Å². The average Bonchev–Trinajstić information content (AvgIpc) is 2.93. The number of para-hydroxylation sites is 1. The van der Waals surface area contributed by atoms with E-state index in [0.717, 1.165) is 16.5 Å². The Morgan fingerprint density at radius 3 is 2.68 bits per heavy atom. The van der Waals surface area contributed by atoms with E-state index in [4.69, 9.17) is 0 Å². The predicted octanol–water partition coefficient (Wildman–Crippen LogP) is 4.24. The second kappa shape index (κ2) is 4.63. The van der Waals surface area contributed by atoms with Crippen molar-refractivity contribution >= 4 is 21.8 Å². The highest BCUT2D eigenvalue weighted by molar-refractivity contribution is 5.96. The van der Waals surface area contributed by atoms with Crippen LogP contribution in [0.1, 0.15) is 5.56 Å². The maximum absolute atomic E-state index is 14.7. The summed E-state index contributed by atoms with van der Waals surface area (Å²) in [5.41, 5.74) is 3.83. The van der Waals surface area contributed by atoms with Gasteiger partial charge in [-0.25, -0.2) is 9.37 Å². The van der Waals surface area contributed by atoms with Gasteiger partial charge in [-0.05, 0) is 25.1 Å². The number of pyridine rings is 1. The van der Waals surface area contributed by atoms with Crippen LogP contribution in [0.25, 0.3) is 33.1 Å². The molecule has 0 saturated carbocycles. The van der Waals surface area contributed by atoms with E-state index in [1.807, 2.05) is 48.1 Å². The molecule has 2 heterocycles. The third-order valence-corrected chi connectivity index (χ3v) is 4.10. The first-order chi connectivity index (χ1) is 10.7. The SMILES string of the molecule is Cc1c(-c2cccc3c2cnn3C)nc2ccccc2c1F. The highest BCUT2D eigenvalue weighted by Crippen LogP contribution is 2.32. The van der Waals surface area contributed by atoms with Crippen molar-refractivity contribution in [2.45, 2.75) is 6.92 Å². The molecule has 2 aromatic heterocycles. The van der Waals surface area contributed by atoms with Crippen LogP contribution in [0, 0.1) is 12.7 Å². The Bertz CT molecular complexity index is 1020. The minimum atomic E-state index is -0.207. The van der Waals surface area contributed by atoms with Crippen molar-refractivity contribution in [3.05, 3.63) is 60.0 Å². The molecular weight excluding hydrogens is 277 g/mol. The minimum absolute atomic E-state index is 0.207. The van der Waals surface area contributed by atoms with Crippen LogP contribution >= 0.6 is 0 Å². The van der Waals surface area contributed by atoms with E-state index in [9.17, 15) is 4.39 Å². The standard InChI is InChI=1S/C18H14FN3/c1-11-17(19)13-6-3-4-8-15(13)21-18(11)12-7-5-9-16-14(12)10-20-22(16)2/h3-10H,1-2H3. The Kier molecular flexibility index (Phi) is 2.73. The lowest BCUT2D eigenvalue weighted by Crippen LogP contribution is -1.96. The number of benzene rings is 2. The Labute approximate surface area is 127 Å². The number of rotatable bonds is 1. The van der Waals surface area contributed by atoms with Crippen molar-refractivity contribution < 1.29 is 4.39 Å². The van der Waals surface area contributed by atoms with Gasteiger partial charge in [-0.3, -0.25) is 4.68 Å². The van der Waals surface area contributed by atoms with Gasteiger partial charge in [0.15, 0.2) is 0 Å². The molecule has 0 aliphatic carbocycles. The van der Waals surface area contributed by atoms with Gasteiger partial charge in [-0.15, -0.1) is 0 Å². The molecular formula is C18H14FN3. The molecule has 0 bridgehead atoms. The monoisotopic (exact) mass is 291 g/mol. The molecule has 0 spiro atoms. The van der Waals surface area contributed by atoms with Gasteiger partial charge < -0.3 is 0 Å². The normalized spacial score (nSPS) is 11.4. The molecule has 108 valence electrons. The summed E-state index contributed by atoms with van der Waals surface area (Å²) in [6, 6.07) is 13.2. The van der Waals surface area contributed by atoms with Crippen molar-refractivity contribution in [2.24, 2.45) is 7.05 Å². The second-order valence-electron chi connectivity index (χ2n) is 5.42. The number of halogens is 1. The fourth-order valence-corrected chi connectivity index (χ4v) is 2.91. The molecule has 0 N–H and O–H groups in total. The lowest BCUT2D eigenvalue weighted by molar-refractivity contribution is 0.630. The summed E-state index contributed by atoms with van der Waals surface area (Å²) in [4.78, 5) is 4.69. The fraction of sp³-hybridized carbons (Fsp3) is 0.111. The van der Waals surface area contributed by atoms with Gasteiger partial charge in [-0.2, -0.15) is 5.10 Å². The molecule has 0 fully saturated rings. The van der Waals surface area contributed by atoms with Gasteiger partial charge in [0.2, 0.25) is 0 Å². The predicted molar refractivity (Wildman–Crippen MR) is 86.1 cm³/mol. The van der Waals surface area contributed by atoms with Crippen molar-refractivity contribution in [1.29, 1.82) is 0 Å². The summed E-state index contributed by atoms with van der Waals surface area (Å²) in [5, 5.41) is 5.83. The van der Waals surface area contributed by atoms with Crippen LogP contribution in [0.5, 0.6) is 0 Å². The summed E-state index contributed by atoms with van der Waals surface area (Å²) >= 11 is 0. The van der Waals surface area contributed by atoms with Crippen LogP contribution in [0.3, 0.4) is 0 Å². The molecule has 0 aliphatic heterocycles. The minimum Gasteiger partial charge on any atom is -0.268 e. The zero-order valence-electron chi connectivity index (χ0n) is 12.3. The summed E-state index contributed by atoms with van der Waals surface area (Å²) in [6.45, 7) is 1.78. The first-order valence-corrected chi connectivity index (χ1v) is 7.13. The molecule has 0 amide bonds. The zero-order chi connectivity index (χ0) is 15.3. The summed E-state index contributed by atoms with van der Waals surface area (Å²) in [6.07, 6.45) is 1.80. The fourth-order valence-electron chi connectivity index (χ4n) is 2.91. The number of fused-ring (bicyclic) bond motifs is 2. The van der Waals surface area contributed by atoms with E-state index in [1.165, 1.54) is 0 Å². The zero-order valence-corrected chi connectivity index (χ0v) is 12.3. The number of nitrogens with zero attached hydrogens (tertiary/aromatic N) is 3. The largest absolute Gasteiger partial charge is 0.268 e. The van der Waals surface area contributed by atoms with Gasteiger partial charge in [0, 0.05) is 28.9 Å². The van der Waals surface area contributed by atoms with Crippen LogP contribution in [-0.2, 0) is 7.05 Å². The molecule has 4 rings (SSSR count). The van der Waals surface area contributed by atoms with Gasteiger partial charge in [0.1, 0.15) is 5.82 Å². The second-order valence-corrected chi connectivity index (χ2v) is 5.42. The third kappa shape index (κ3) is 1.73. The topological polar surface area (TPSA) is 30.7 Å². The number of aryl methyl sites for hydroxylation is 1. The highest BCUT2D eigenvalue weighted by atomic mass is 19.1. The Balaban J connectivity index is 2.10. The van der Waals surface area contributed by atoms with Crippen LogP contribution < -0.4 is 0 Å². The van der Waals surface area contributed by atoms with Crippen LogP contribution in [0.2, 0.25) is 0 Å². The average molecular weight is 291 g/mol. The third-order valence-electron chi connectivity index (χ3n) is 4.10. The highest BCUT2D eigenvalue weighted by Gasteiger charge is 2.15. The van der Waals surface area contributed by atoms with Gasteiger partial charge in [0.05, 0.1) is 22.9 Å². The molecule has 4 aromatic rings. The number of hydrogen-bond acceptors (Lipinski definition) is 2. The molecule has 0 saturated heterocycles. The Morgan fingerprint density at radius 2 is 1.82 bits per heavy atom. The van der Waals surface area contributed by atoms with Crippen LogP contribution in [0.4, 0.5) is 4.39 Å². The first-order valence-electron chi connectivity index (χ1n) is 7.13.